The standard InChI is InChI=1S/C11H16N2O4S2/c1-7(13-11(14)8-3-2-6-17-8)9-4-5-10(18-9)19(12,15)16/h4-5,7-8H,2-3,6H2,1H3,(H,13,14)(H2,12,15,16). The SMILES string of the molecule is CC(NC(=O)C1CCCO1)c1ccc(S(N)(=O)=O)s1. The van der Waals surface area contributed by atoms with Crippen molar-refractivity contribution in [2.24, 2.45) is 5.14 Å². The van der Waals surface area contributed by atoms with Crippen LogP contribution in [0, 0.1) is 0 Å². The summed E-state index contributed by atoms with van der Waals surface area (Å²) < 4.78 is 27.7. The Morgan fingerprint density at radius 1 is 1.58 bits per heavy atom. The lowest BCUT2D eigenvalue weighted by Gasteiger charge is -2.15. The Bertz CT molecular complexity index is 561. The minimum Gasteiger partial charge on any atom is -0.368 e. The lowest BCUT2D eigenvalue weighted by atomic mass is 10.2. The van der Waals surface area contributed by atoms with Crippen molar-refractivity contribution in [1.82, 2.24) is 5.32 Å². The first-order valence-electron chi connectivity index (χ1n) is 5.92. The summed E-state index contributed by atoms with van der Waals surface area (Å²) in [6, 6.07) is 2.84. The summed E-state index contributed by atoms with van der Waals surface area (Å²) in [6.07, 6.45) is 1.23. The average molecular weight is 304 g/mol. The van der Waals surface area contributed by atoms with Gasteiger partial charge < -0.3 is 10.1 Å². The van der Waals surface area contributed by atoms with Crippen molar-refractivity contribution in [3.8, 4) is 0 Å². The summed E-state index contributed by atoms with van der Waals surface area (Å²) >= 11 is 1.06. The second-order valence-corrected chi connectivity index (χ2v) is 7.34. The van der Waals surface area contributed by atoms with Gasteiger partial charge in [0.25, 0.3) is 0 Å². The van der Waals surface area contributed by atoms with E-state index in [-0.39, 0.29) is 22.3 Å². The predicted octanol–water partition coefficient (Wildman–Crippen LogP) is 0.752. The van der Waals surface area contributed by atoms with Crippen molar-refractivity contribution in [3.05, 3.63) is 17.0 Å². The fourth-order valence-electron chi connectivity index (χ4n) is 1.88. The number of nitrogens with one attached hydrogen (secondary N) is 1. The van der Waals surface area contributed by atoms with Crippen LogP contribution < -0.4 is 10.5 Å². The first kappa shape index (κ1) is 14.4. The Balaban J connectivity index is 2.01. The van der Waals surface area contributed by atoms with Crippen LogP contribution in [-0.2, 0) is 19.6 Å². The smallest absolute Gasteiger partial charge is 0.249 e. The van der Waals surface area contributed by atoms with E-state index in [0.29, 0.717) is 6.61 Å². The highest BCUT2D eigenvalue weighted by molar-refractivity contribution is 7.91. The van der Waals surface area contributed by atoms with Crippen LogP contribution in [0.4, 0.5) is 0 Å². The fraction of sp³-hybridized carbons (Fsp3) is 0.545. The van der Waals surface area contributed by atoms with E-state index >= 15 is 0 Å². The molecule has 1 amide bonds. The zero-order valence-electron chi connectivity index (χ0n) is 10.5. The monoisotopic (exact) mass is 304 g/mol. The molecule has 1 saturated heterocycles. The van der Waals surface area contributed by atoms with Crippen LogP contribution in [0.15, 0.2) is 16.3 Å². The first-order valence-corrected chi connectivity index (χ1v) is 8.29. The Labute approximate surface area is 116 Å². The topological polar surface area (TPSA) is 98.5 Å². The number of carbonyl (C=O) groups excluding carboxylic acids is 1. The molecular formula is C11H16N2O4S2. The number of sulfonamides is 1. The molecule has 1 aliphatic heterocycles. The molecule has 2 unspecified atom stereocenters. The molecule has 1 aromatic heterocycles. The molecule has 3 N–H and O–H groups in total. The maximum absolute atomic E-state index is 11.9. The van der Waals surface area contributed by atoms with E-state index in [1.807, 2.05) is 0 Å². The van der Waals surface area contributed by atoms with Gasteiger partial charge in [0.1, 0.15) is 10.3 Å². The van der Waals surface area contributed by atoms with Gasteiger partial charge in [-0.3, -0.25) is 4.79 Å². The summed E-state index contributed by atoms with van der Waals surface area (Å²) in [5.74, 6) is -0.157. The minimum atomic E-state index is -3.68. The number of thiophene rings is 1. The highest BCUT2D eigenvalue weighted by Gasteiger charge is 2.25. The van der Waals surface area contributed by atoms with Crippen LogP contribution in [0.1, 0.15) is 30.7 Å². The van der Waals surface area contributed by atoms with Crippen molar-refractivity contribution < 1.29 is 17.9 Å². The van der Waals surface area contributed by atoms with Gasteiger partial charge in [0.05, 0.1) is 6.04 Å². The number of hydrogen-bond donors (Lipinski definition) is 2. The normalized spacial score (nSPS) is 21.3. The average Bonchev–Trinajstić information content (AvgIpc) is 3.00. The van der Waals surface area contributed by atoms with Crippen LogP contribution in [0.5, 0.6) is 0 Å². The summed E-state index contributed by atoms with van der Waals surface area (Å²) in [5.41, 5.74) is 0. The first-order chi connectivity index (χ1) is 8.88. The molecule has 8 heteroatoms. The summed E-state index contributed by atoms with van der Waals surface area (Å²) in [7, 11) is -3.68. The van der Waals surface area contributed by atoms with E-state index in [0.717, 1.165) is 29.1 Å². The number of carbonyl (C=O) groups is 1. The van der Waals surface area contributed by atoms with Gasteiger partial charge in [-0.25, -0.2) is 13.6 Å². The van der Waals surface area contributed by atoms with Crippen LogP contribution in [0.25, 0.3) is 0 Å². The van der Waals surface area contributed by atoms with Gasteiger partial charge in [-0.1, -0.05) is 0 Å². The van der Waals surface area contributed by atoms with Gasteiger partial charge >= 0.3 is 0 Å². The zero-order valence-corrected chi connectivity index (χ0v) is 12.1. The van der Waals surface area contributed by atoms with Crippen LogP contribution >= 0.6 is 11.3 Å². The van der Waals surface area contributed by atoms with Gasteiger partial charge in [0.2, 0.25) is 15.9 Å². The third-order valence-electron chi connectivity index (χ3n) is 2.89. The molecule has 1 aromatic rings. The Hall–Kier alpha value is -0.960. The third kappa shape index (κ3) is 3.53. The molecule has 1 fully saturated rings. The number of nitrogens with two attached hydrogens (primary N) is 1. The molecule has 19 heavy (non-hydrogen) atoms. The second-order valence-electron chi connectivity index (χ2n) is 4.43. The zero-order chi connectivity index (χ0) is 14.0. The minimum absolute atomic E-state index is 0.0979. The van der Waals surface area contributed by atoms with E-state index in [9.17, 15) is 13.2 Å². The van der Waals surface area contributed by atoms with Crippen molar-refractivity contribution in [2.75, 3.05) is 6.61 Å². The number of hydrogen-bond acceptors (Lipinski definition) is 5. The Morgan fingerprint density at radius 3 is 2.84 bits per heavy atom. The van der Waals surface area contributed by atoms with E-state index < -0.39 is 10.0 Å². The van der Waals surface area contributed by atoms with Crippen molar-refractivity contribution in [3.63, 3.8) is 0 Å². The molecule has 0 aliphatic carbocycles. The molecular weight excluding hydrogens is 288 g/mol. The molecule has 2 atom stereocenters. The highest BCUT2D eigenvalue weighted by Crippen LogP contribution is 2.26. The van der Waals surface area contributed by atoms with Gasteiger partial charge in [-0.05, 0) is 31.9 Å². The Morgan fingerprint density at radius 2 is 2.32 bits per heavy atom. The molecule has 0 aromatic carbocycles. The molecule has 0 bridgehead atoms. The lowest BCUT2D eigenvalue weighted by molar-refractivity contribution is -0.130. The summed E-state index contributed by atoms with van der Waals surface area (Å²) in [6.45, 7) is 2.41. The van der Waals surface area contributed by atoms with Crippen molar-refractivity contribution in [2.45, 2.75) is 36.1 Å². The van der Waals surface area contributed by atoms with Gasteiger partial charge in [-0.15, -0.1) is 11.3 Å². The molecule has 2 rings (SSSR count). The van der Waals surface area contributed by atoms with Crippen LogP contribution in [0.2, 0.25) is 0 Å². The molecule has 106 valence electrons. The lowest BCUT2D eigenvalue weighted by Crippen LogP contribution is -2.35. The van der Waals surface area contributed by atoms with Gasteiger partial charge in [0.15, 0.2) is 0 Å². The summed E-state index contributed by atoms with van der Waals surface area (Å²) in [4.78, 5) is 12.6. The van der Waals surface area contributed by atoms with Crippen molar-refractivity contribution in [1.29, 1.82) is 0 Å². The fourth-order valence-corrected chi connectivity index (χ4v) is 3.63. The molecule has 0 radical (unpaired) electrons. The van der Waals surface area contributed by atoms with E-state index in [1.165, 1.54) is 6.07 Å². The Kier molecular flexibility index (Phi) is 4.24. The van der Waals surface area contributed by atoms with E-state index in [4.69, 9.17) is 9.88 Å². The molecule has 6 nitrogen and oxygen atoms in total. The quantitative estimate of drug-likeness (QED) is 0.857. The largest absolute Gasteiger partial charge is 0.368 e. The molecule has 2 heterocycles. The number of primary sulfonamides is 1. The maximum Gasteiger partial charge on any atom is 0.249 e. The van der Waals surface area contributed by atoms with Crippen LogP contribution in [-0.4, -0.2) is 27.0 Å². The highest BCUT2D eigenvalue weighted by atomic mass is 32.2. The molecule has 1 aliphatic rings. The van der Waals surface area contributed by atoms with E-state index in [2.05, 4.69) is 5.32 Å². The maximum atomic E-state index is 11.9. The second kappa shape index (κ2) is 5.58. The number of rotatable bonds is 4. The summed E-state index contributed by atoms with van der Waals surface area (Å²) in [5, 5.41) is 7.86. The van der Waals surface area contributed by atoms with Gasteiger partial charge in [0, 0.05) is 11.5 Å². The van der Waals surface area contributed by atoms with Crippen molar-refractivity contribution >= 4 is 27.3 Å². The molecule has 0 spiro atoms. The molecule has 0 saturated carbocycles. The number of amides is 1. The van der Waals surface area contributed by atoms with E-state index in [1.54, 1.807) is 13.0 Å². The predicted molar refractivity (Wildman–Crippen MR) is 71.2 cm³/mol. The third-order valence-corrected chi connectivity index (χ3v) is 5.60. The van der Waals surface area contributed by atoms with Gasteiger partial charge in [-0.2, -0.15) is 0 Å². The number of ether oxygens (including phenoxy) is 1. The van der Waals surface area contributed by atoms with Crippen LogP contribution in [0.3, 0.4) is 0 Å².